The third kappa shape index (κ3) is 3.73. The van der Waals surface area contributed by atoms with Crippen LogP contribution in [0.3, 0.4) is 0 Å². The number of Topliss-reactive ketones (excluding diaryl/α,β-unsaturated/α-hetero) is 1. The molecule has 0 aliphatic heterocycles. The van der Waals surface area contributed by atoms with Gasteiger partial charge in [0.2, 0.25) is 0 Å². The third-order valence-electron chi connectivity index (χ3n) is 4.70. The fourth-order valence-electron chi connectivity index (χ4n) is 3.36. The lowest BCUT2D eigenvalue weighted by Gasteiger charge is -2.29. The summed E-state index contributed by atoms with van der Waals surface area (Å²) in [5, 5.41) is 6.58. The number of esters is 1. The second-order valence-electron chi connectivity index (χ2n) is 7.69. The van der Waals surface area contributed by atoms with Crippen molar-refractivity contribution >= 4 is 17.7 Å². The van der Waals surface area contributed by atoms with E-state index in [-0.39, 0.29) is 22.5 Å². The van der Waals surface area contributed by atoms with Crippen LogP contribution in [0.1, 0.15) is 58.4 Å². The third-order valence-corrected chi connectivity index (χ3v) is 4.70. The molecule has 2 aromatic heterocycles. The van der Waals surface area contributed by atoms with Gasteiger partial charge in [-0.2, -0.15) is 5.10 Å². The molecule has 0 fully saturated rings. The molecule has 2 N–H and O–H groups in total. The number of aromatic nitrogens is 3. The van der Waals surface area contributed by atoms with Crippen LogP contribution in [0.4, 0.5) is 0 Å². The molecule has 9 heteroatoms. The number of amides is 1. The van der Waals surface area contributed by atoms with Crippen molar-refractivity contribution in [3.8, 4) is 0 Å². The van der Waals surface area contributed by atoms with E-state index in [0.717, 1.165) is 0 Å². The SMILES string of the molecule is COC(=O)[C@@H](NC(=O)c1cc2c([nH]c1=O)CC(C)(C)CC2=O)c1ccn(C)n1. The molecule has 0 spiro atoms. The molecule has 1 atom stereocenters. The average Bonchev–Trinajstić information content (AvgIpc) is 3.03. The van der Waals surface area contributed by atoms with E-state index in [1.807, 2.05) is 13.8 Å². The Balaban J connectivity index is 1.94. The van der Waals surface area contributed by atoms with Gasteiger partial charge < -0.3 is 15.0 Å². The molecule has 0 aromatic carbocycles. The molecule has 3 rings (SSSR count). The maximum atomic E-state index is 12.7. The summed E-state index contributed by atoms with van der Waals surface area (Å²) in [5.74, 6) is -1.65. The molecule has 28 heavy (non-hydrogen) atoms. The number of rotatable bonds is 4. The maximum Gasteiger partial charge on any atom is 0.334 e. The highest BCUT2D eigenvalue weighted by molar-refractivity contribution is 6.02. The van der Waals surface area contributed by atoms with Crippen molar-refractivity contribution in [2.45, 2.75) is 32.7 Å². The van der Waals surface area contributed by atoms with Crippen molar-refractivity contribution in [3.05, 3.63) is 51.2 Å². The summed E-state index contributed by atoms with van der Waals surface area (Å²) in [6, 6.07) is 1.68. The molecule has 0 saturated carbocycles. The highest BCUT2D eigenvalue weighted by Gasteiger charge is 2.33. The standard InChI is InChI=1S/C19H22N4O5/c1-19(2)8-13-10(14(24)9-19)7-11(16(25)20-13)17(26)21-15(18(27)28-4)12-5-6-23(3)22-12/h5-7,15H,8-9H2,1-4H3,(H,20,25)(H,21,26)/t15-/m0/s1. The summed E-state index contributed by atoms with van der Waals surface area (Å²) in [7, 11) is 2.86. The number of fused-ring (bicyclic) bond motifs is 1. The van der Waals surface area contributed by atoms with Gasteiger partial charge in [0.25, 0.3) is 11.5 Å². The molecule has 148 valence electrons. The second kappa shape index (κ2) is 7.06. The molecule has 9 nitrogen and oxygen atoms in total. The van der Waals surface area contributed by atoms with Gasteiger partial charge in [-0.1, -0.05) is 13.8 Å². The fraction of sp³-hybridized carbons (Fsp3) is 0.421. The van der Waals surface area contributed by atoms with Gasteiger partial charge in [0.15, 0.2) is 11.8 Å². The summed E-state index contributed by atoms with van der Waals surface area (Å²) < 4.78 is 6.21. The second-order valence-corrected chi connectivity index (χ2v) is 7.69. The monoisotopic (exact) mass is 386 g/mol. The molecular weight excluding hydrogens is 364 g/mol. The number of nitrogens with zero attached hydrogens (tertiary/aromatic N) is 2. The van der Waals surface area contributed by atoms with E-state index in [9.17, 15) is 19.2 Å². The van der Waals surface area contributed by atoms with E-state index in [1.54, 1.807) is 19.3 Å². The minimum atomic E-state index is -1.18. The Morgan fingerprint density at radius 1 is 1.32 bits per heavy atom. The zero-order valence-electron chi connectivity index (χ0n) is 16.2. The van der Waals surface area contributed by atoms with E-state index in [0.29, 0.717) is 24.1 Å². The van der Waals surface area contributed by atoms with E-state index in [4.69, 9.17) is 4.74 Å². The topological polar surface area (TPSA) is 123 Å². The number of hydrogen-bond acceptors (Lipinski definition) is 6. The van der Waals surface area contributed by atoms with Crippen molar-refractivity contribution in [1.29, 1.82) is 0 Å². The Kier molecular flexibility index (Phi) is 4.93. The Hall–Kier alpha value is -3.23. The average molecular weight is 386 g/mol. The Morgan fingerprint density at radius 2 is 2.04 bits per heavy atom. The van der Waals surface area contributed by atoms with Gasteiger partial charge in [-0.3, -0.25) is 19.1 Å². The molecule has 0 unspecified atom stereocenters. The van der Waals surface area contributed by atoms with Gasteiger partial charge in [0.1, 0.15) is 5.56 Å². The number of hydrogen-bond donors (Lipinski definition) is 2. The van der Waals surface area contributed by atoms with Crippen LogP contribution >= 0.6 is 0 Å². The van der Waals surface area contributed by atoms with Gasteiger partial charge in [-0.25, -0.2) is 4.79 Å². The van der Waals surface area contributed by atoms with Crippen LogP contribution in [0, 0.1) is 5.41 Å². The van der Waals surface area contributed by atoms with Gasteiger partial charge in [0, 0.05) is 30.9 Å². The number of carbonyl (C=O) groups excluding carboxylic acids is 3. The summed E-state index contributed by atoms with van der Waals surface area (Å²) in [4.78, 5) is 52.4. The van der Waals surface area contributed by atoms with Crippen molar-refractivity contribution in [1.82, 2.24) is 20.1 Å². The lowest BCUT2D eigenvalue weighted by Crippen LogP contribution is -2.39. The molecule has 1 aliphatic rings. The lowest BCUT2D eigenvalue weighted by molar-refractivity contribution is -0.143. The van der Waals surface area contributed by atoms with Crippen LogP contribution in [0.15, 0.2) is 23.1 Å². The quantitative estimate of drug-likeness (QED) is 0.753. The first-order valence-corrected chi connectivity index (χ1v) is 8.79. The fourth-order valence-corrected chi connectivity index (χ4v) is 3.36. The lowest BCUT2D eigenvalue weighted by atomic mass is 9.75. The van der Waals surface area contributed by atoms with Gasteiger partial charge in [-0.05, 0) is 24.0 Å². The van der Waals surface area contributed by atoms with Crippen LogP contribution in [0.5, 0.6) is 0 Å². The number of aryl methyl sites for hydroxylation is 1. The van der Waals surface area contributed by atoms with Gasteiger partial charge >= 0.3 is 5.97 Å². The van der Waals surface area contributed by atoms with Crippen LogP contribution in [-0.4, -0.2) is 39.5 Å². The van der Waals surface area contributed by atoms with Crippen LogP contribution in [-0.2, 0) is 23.0 Å². The summed E-state index contributed by atoms with van der Waals surface area (Å²) in [6.07, 6.45) is 2.47. The largest absolute Gasteiger partial charge is 0.467 e. The predicted octanol–water partition coefficient (Wildman–Crippen LogP) is 0.908. The minimum absolute atomic E-state index is 0.134. The molecule has 0 bridgehead atoms. The number of ether oxygens (including phenoxy) is 1. The number of carbonyl (C=O) groups is 3. The zero-order valence-corrected chi connectivity index (χ0v) is 16.2. The molecular formula is C19H22N4O5. The summed E-state index contributed by atoms with van der Waals surface area (Å²) in [5.41, 5.74) is 0.0117. The van der Waals surface area contributed by atoms with Gasteiger partial charge in [-0.15, -0.1) is 0 Å². The first-order valence-electron chi connectivity index (χ1n) is 8.79. The van der Waals surface area contributed by atoms with E-state index < -0.39 is 23.5 Å². The predicted molar refractivity (Wildman–Crippen MR) is 98.9 cm³/mol. The number of aromatic amines is 1. The van der Waals surface area contributed by atoms with E-state index in [1.165, 1.54) is 17.9 Å². The molecule has 1 amide bonds. The highest BCUT2D eigenvalue weighted by Crippen LogP contribution is 2.33. The van der Waals surface area contributed by atoms with Crippen molar-refractivity contribution in [3.63, 3.8) is 0 Å². The zero-order chi connectivity index (χ0) is 20.6. The van der Waals surface area contributed by atoms with E-state index >= 15 is 0 Å². The highest BCUT2D eigenvalue weighted by atomic mass is 16.5. The molecule has 0 radical (unpaired) electrons. The first-order chi connectivity index (χ1) is 13.1. The number of ketones is 1. The number of H-pyrrole nitrogens is 1. The number of pyridine rings is 1. The van der Waals surface area contributed by atoms with E-state index in [2.05, 4.69) is 15.4 Å². The smallest absolute Gasteiger partial charge is 0.334 e. The maximum absolute atomic E-state index is 12.7. The first kappa shape index (κ1) is 19.5. The van der Waals surface area contributed by atoms with Crippen LogP contribution < -0.4 is 10.9 Å². The van der Waals surface area contributed by atoms with Crippen LogP contribution in [0.2, 0.25) is 0 Å². The molecule has 0 saturated heterocycles. The minimum Gasteiger partial charge on any atom is -0.467 e. The Morgan fingerprint density at radius 3 is 2.64 bits per heavy atom. The molecule has 2 aromatic rings. The summed E-state index contributed by atoms with van der Waals surface area (Å²) >= 11 is 0. The summed E-state index contributed by atoms with van der Waals surface area (Å²) in [6.45, 7) is 3.89. The van der Waals surface area contributed by atoms with Crippen molar-refractivity contribution < 1.29 is 19.1 Å². The Labute approximate surface area is 161 Å². The molecule has 2 heterocycles. The molecule has 1 aliphatic carbocycles. The Bertz CT molecular complexity index is 1020. The van der Waals surface area contributed by atoms with Gasteiger partial charge in [0.05, 0.1) is 12.8 Å². The number of nitrogens with one attached hydrogen (secondary N) is 2. The van der Waals surface area contributed by atoms with Crippen molar-refractivity contribution in [2.24, 2.45) is 12.5 Å². The van der Waals surface area contributed by atoms with Crippen LogP contribution in [0.25, 0.3) is 0 Å². The van der Waals surface area contributed by atoms with Crippen molar-refractivity contribution in [2.75, 3.05) is 7.11 Å². The normalized spacial score (nSPS) is 16.2. The number of methoxy groups -OCH3 is 1.